The zero-order valence-corrected chi connectivity index (χ0v) is 13.5. The molecule has 1 saturated heterocycles. The van der Waals surface area contributed by atoms with Crippen molar-refractivity contribution in [3.05, 3.63) is 0 Å². The van der Waals surface area contributed by atoms with E-state index in [1.165, 1.54) is 20.0 Å². The lowest BCUT2D eigenvalue weighted by molar-refractivity contribution is -0.143. The quantitative estimate of drug-likeness (QED) is 0.639. The van der Waals surface area contributed by atoms with Gasteiger partial charge in [0.15, 0.2) is 0 Å². The van der Waals surface area contributed by atoms with Crippen LogP contribution in [0, 0.1) is 0 Å². The number of hydrogen-bond acceptors (Lipinski definition) is 5. The van der Waals surface area contributed by atoms with Crippen molar-refractivity contribution in [3.8, 4) is 0 Å². The van der Waals surface area contributed by atoms with Crippen LogP contribution in [0.3, 0.4) is 0 Å². The van der Waals surface area contributed by atoms with Crippen LogP contribution in [0.2, 0.25) is 0 Å². The normalized spacial score (nSPS) is 21.4. The van der Waals surface area contributed by atoms with Gasteiger partial charge in [-0.05, 0) is 52.9 Å². The molecule has 0 aromatic carbocycles. The Morgan fingerprint density at radius 1 is 1.50 bits per heavy atom. The maximum absolute atomic E-state index is 11.8. The Bertz CT molecular complexity index is 284. The molecule has 2 unspecified atom stereocenters. The van der Waals surface area contributed by atoms with E-state index in [-0.39, 0.29) is 12.0 Å². The molecular formula is C15H31N3O2. The SMILES string of the molecule is CCCNC(CCN1CCCC1CN(C)C)C(=O)OC. The largest absolute Gasteiger partial charge is 0.468 e. The van der Waals surface area contributed by atoms with Crippen molar-refractivity contribution in [2.24, 2.45) is 0 Å². The fourth-order valence-corrected chi connectivity index (χ4v) is 2.88. The average Bonchev–Trinajstić information content (AvgIpc) is 2.84. The summed E-state index contributed by atoms with van der Waals surface area (Å²) in [6.45, 7) is 6.19. The molecule has 1 aliphatic heterocycles. The third-order valence-electron chi connectivity index (χ3n) is 3.91. The van der Waals surface area contributed by atoms with Crippen LogP contribution in [-0.4, -0.2) is 75.2 Å². The molecule has 5 nitrogen and oxygen atoms in total. The Morgan fingerprint density at radius 2 is 2.25 bits per heavy atom. The molecule has 1 rings (SSSR count). The van der Waals surface area contributed by atoms with Crippen molar-refractivity contribution in [1.82, 2.24) is 15.1 Å². The van der Waals surface area contributed by atoms with Gasteiger partial charge in [-0.2, -0.15) is 0 Å². The van der Waals surface area contributed by atoms with Crippen molar-refractivity contribution in [1.29, 1.82) is 0 Å². The fraction of sp³-hybridized carbons (Fsp3) is 0.933. The van der Waals surface area contributed by atoms with Crippen LogP contribution in [0.25, 0.3) is 0 Å². The van der Waals surface area contributed by atoms with E-state index >= 15 is 0 Å². The molecule has 1 N–H and O–H groups in total. The van der Waals surface area contributed by atoms with Gasteiger partial charge in [-0.25, -0.2) is 0 Å². The Balaban J connectivity index is 2.42. The number of esters is 1. The van der Waals surface area contributed by atoms with E-state index in [1.807, 2.05) is 0 Å². The molecule has 118 valence electrons. The zero-order valence-electron chi connectivity index (χ0n) is 13.5. The zero-order chi connectivity index (χ0) is 15.0. The van der Waals surface area contributed by atoms with Gasteiger partial charge in [-0.15, -0.1) is 0 Å². The number of rotatable bonds is 9. The lowest BCUT2D eigenvalue weighted by Crippen LogP contribution is -2.43. The van der Waals surface area contributed by atoms with Crippen LogP contribution in [0.5, 0.6) is 0 Å². The maximum Gasteiger partial charge on any atom is 0.322 e. The second kappa shape index (κ2) is 9.32. The summed E-state index contributed by atoms with van der Waals surface area (Å²) >= 11 is 0. The molecule has 1 aliphatic rings. The highest BCUT2D eigenvalue weighted by molar-refractivity contribution is 5.75. The lowest BCUT2D eigenvalue weighted by atomic mass is 10.1. The minimum atomic E-state index is -0.166. The molecule has 0 saturated carbocycles. The van der Waals surface area contributed by atoms with Crippen molar-refractivity contribution in [3.63, 3.8) is 0 Å². The number of hydrogen-bond donors (Lipinski definition) is 1. The van der Waals surface area contributed by atoms with Crippen molar-refractivity contribution in [2.45, 2.75) is 44.7 Å². The minimum Gasteiger partial charge on any atom is -0.468 e. The van der Waals surface area contributed by atoms with Crippen LogP contribution in [0.15, 0.2) is 0 Å². The van der Waals surface area contributed by atoms with Crippen LogP contribution < -0.4 is 5.32 Å². The van der Waals surface area contributed by atoms with E-state index < -0.39 is 0 Å². The van der Waals surface area contributed by atoms with Crippen LogP contribution in [0.1, 0.15) is 32.6 Å². The molecule has 0 bridgehead atoms. The number of carbonyl (C=O) groups is 1. The number of methoxy groups -OCH3 is 1. The summed E-state index contributed by atoms with van der Waals surface area (Å²) in [6.07, 6.45) is 4.39. The van der Waals surface area contributed by atoms with Gasteiger partial charge in [-0.1, -0.05) is 6.92 Å². The topological polar surface area (TPSA) is 44.8 Å². The smallest absolute Gasteiger partial charge is 0.322 e. The third-order valence-corrected chi connectivity index (χ3v) is 3.91. The predicted octanol–water partition coefficient (Wildman–Crippen LogP) is 0.944. The van der Waals surface area contributed by atoms with Crippen LogP contribution >= 0.6 is 0 Å². The molecule has 1 fully saturated rings. The van der Waals surface area contributed by atoms with Gasteiger partial charge in [0.05, 0.1) is 7.11 Å². The minimum absolute atomic E-state index is 0.137. The fourth-order valence-electron chi connectivity index (χ4n) is 2.88. The van der Waals surface area contributed by atoms with Gasteiger partial charge in [-0.3, -0.25) is 9.69 Å². The Morgan fingerprint density at radius 3 is 2.85 bits per heavy atom. The van der Waals surface area contributed by atoms with Gasteiger partial charge < -0.3 is 15.0 Å². The monoisotopic (exact) mass is 285 g/mol. The molecule has 0 aromatic rings. The van der Waals surface area contributed by atoms with Gasteiger partial charge in [0.2, 0.25) is 0 Å². The van der Waals surface area contributed by atoms with Gasteiger partial charge in [0.25, 0.3) is 0 Å². The number of nitrogens with zero attached hydrogens (tertiary/aromatic N) is 2. The second-order valence-electron chi connectivity index (χ2n) is 5.91. The first-order valence-corrected chi connectivity index (χ1v) is 7.78. The summed E-state index contributed by atoms with van der Waals surface area (Å²) in [5.74, 6) is -0.137. The van der Waals surface area contributed by atoms with Crippen LogP contribution in [-0.2, 0) is 9.53 Å². The highest BCUT2D eigenvalue weighted by atomic mass is 16.5. The van der Waals surface area contributed by atoms with E-state index in [0.29, 0.717) is 6.04 Å². The molecule has 20 heavy (non-hydrogen) atoms. The molecule has 1 heterocycles. The molecular weight excluding hydrogens is 254 g/mol. The van der Waals surface area contributed by atoms with Crippen molar-refractivity contribution >= 4 is 5.97 Å². The Labute approximate surface area is 123 Å². The molecule has 0 amide bonds. The van der Waals surface area contributed by atoms with E-state index in [1.54, 1.807) is 0 Å². The first-order chi connectivity index (χ1) is 9.58. The summed E-state index contributed by atoms with van der Waals surface area (Å²) in [5, 5.41) is 3.29. The summed E-state index contributed by atoms with van der Waals surface area (Å²) in [4.78, 5) is 16.5. The maximum atomic E-state index is 11.8. The van der Waals surface area contributed by atoms with Gasteiger partial charge in [0.1, 0.15) is 6.04 Å². The molecule has 5 heteroatoms. The molecule has 0 aliphatic carbocycles. The number of nitrogens with one attached hydrogen (secondary N) is 1. The first-order valence-electron chi connectivity index (χ1n) is 7.78. The number of carbonyl (C=O) groups excluding carboxylic acids is 1. The molecule has 0 radical (unpaired) electrons. The Kier molecular flexibility index (Phi) is 8.11. The summed E-state index contributed by atoms with van der Waals surface area (Å²) in [5.41, 5.74) is 0. The molecule has 2 atom stereocenters. The lowest BCUT2D eigenvalue weighted by Gasteiger charge is -2.28. The molecule has 0 spiro atoms. The van der Waals surface area contributed by atoms with Gasteiger partial charge in [0, 0.05) is 19.1 Å². The standard InChI is InChI=1S/C15H31N3O2/c1-5-9-16-14(15(19)20-4)8-11-18-10-6-7-13(18)12-17(2)3/h13-14,16H,5-12H2,1-4H3. The number of ether oxygens (including phenoxy) is 1. The van der Waals surface area contributed by atoms with Crippen molar-refractivity contribution in [2.75, 3.05) is 47.4 Å². The Hall–Kier alpha value is -0.650. The predicted molar refractivity (Wildman–Crippen MR) is 81.9 cm³/mol. The summed E-state index contributed by atoms with van der Waals surface area (Å²) < 4.78 is 4.89. The summed E-state index contributed by atoms with van der Waals surface area (Å²) in [6, 6.07) is 0.468. The van der Waals surface area contributed by atoms with Crippen molar-refractivity contribution < 1.29 is 9.53 Å². The highest BCUT2D eigenvalue weighted by Crippen LogP contribution is 2.18. The first kappa shape index (κ1) is 17.4. The highest BCUT2D eigenvalue weighted by Gasteiger charge is 2.26. The van der Waals surface area contributed by atoms with E-state index in [4.69, 9.17) is 4.74 Å². The van der Waals surface area contributed by atoms with E-state index in [2.05, 4.69) is 36.1 Å². The number of likely N-dealkylation sites (tertiary alicyclic amines) is 1. The number of likely N-dealkylation sites (N-methyl/N-ethyl adjacent to an activating group) is 1. The third kappa shape index (κ3) is 5.77. The van der Waals surface area contributed by atoms with Gasteiger partial charge >= 0.3 is 5.97 Å². The summed E-state index contributed by atoms with van der Waals surface area (Å²) in [7, 11) is 5.71. The van der Waals surface area contributed by atoms with Crippen LogP contribution in [0.4, 0.5) is 0 Å². The average molecular weight is 285 g/mol. The molecule has 0 aromatic heterocycles. The van der Waals surface area contributed by atoms with E-state index in [0.717, 1.165) is 39.0 Å². The second-order valence-corrected chi connectivity index (χ2v) is 5.91. The van der Waals surface area contributed by atoms with E-state index in [9.17, 15) is 4.79 Å².